The Bertz CT molecular complexity index is 522. The SMILES string of the molecule is CNc1ccccc1S(=O)(=O)N1CC(O)C(O)C1. The van der Waals surface area contributed by atoms with Crippen molar-refractivity contribution < 1.29 is 18.6 Å². The van der Waals surface area contributed by atoms with Gasteiger partial charge in [0.15, 0.2) is 0 Å². The molecule has 1 aromatic carbocycles. The van der Waals surface area contributed by atoms with E-state index in [2.05, 4.69) is 5.32 Å². The fraction of sp³-hybridized carbons (Fsp3) is 0.455. The zero-order valence-corrected chi connectivity index (χ0v) is 10.8. The molecule has 2 atom stereocenters. The molecule has 1 aromatic rings. The quantitative estimate of drug-likeness (QED) is 0.687. The molecule has 0 radical (unpaired) electrons. The second-order valence-corrected chi connectivity index (χ2v) is 6.11. The van der Waals surface area contributed by atoms with Gasteiger partial charge in [0.05, 0.1) is 17.9 Å². The van der Waals surface area contributed by atoms with Crippen LogP contribution < -0.4 is 5.32 Å². The largest absolute Gasteiger partial charge is 0.389 e. The molecular weight excluding hydrogens is 256 g/mol. The Morgan fingerprint density at radius 3 is 2.33 bits per heavy atom. The smallest absolute Gasteiger partial charge is 0.245 e. The van der Waals surface area contributed by atoms with E-state index in [1.54, 1.807) is 25.2 Å². The summed E-state index contributed by atoms with van der Waals surface area (Å²) in [6, 6.07) is 6.53. The first-order valence-electron chi connectivity index (χ1n) is 5.60. The summed E-state index contributed by atoms with van der Waals surface area (Å²) in [7, 11) is -2.06. The van der Waals surface area contributed by atoms with Crippen LogP contribution in [0.5, 0.6) is 0 Å². The van der Waals surface area contributed by atoms with E-state index in [1.807, 2.05) is 0 Å². The molecule has 0 amide bonds. The number of sulfonamides is 1. The van der Waals surface area contributed by atoms with Gasteiger partial charge in [-0.25, -0.2) is 8.42 Å². The standard InChI is InChI=1S/C11H16N2O4S/c1-12-8-4-2-3-5-11(8)18(16,17)13-6-9(14)10(15)7-13/h2-5,9-10,12,14-15H,6-7H2,1H3. The third-order valence-electron chi connectivity index (χ3n) is 3.00. The Morgan fingerprint density at radius 2 is 1.78 bits per heavy atom. The molecule has 2 unspecified atom stereocenters. The number of aliphatic hydroxyl groups is 2. The van der Waals surface area contributed by atoms with Crippen molar-refractivity contribution in [1.29, 1.82) is 0 Å². The van der Waals surface area contributed by atoms with E-state index in [1.165, 1.54) is 6.07 Å². The number of hydrogen-bond donors (Lipinski definition) is 3. The Hall–Kier alpha value is -1.15. The monoisotopic (exact) mass is 272 g/mol. The number of nitrogens with one attached hydrogen (secondary N) is 1. The van der Waals surface area contributed by atoms with Crippen molar-refractivity contribution in [3.05, 3.63) is 24.3 Å². The normalized spacial score (nSPS) is 25.3. The van der Waals surface area contributed by atoms with Gasteiger partial charge in [-0.3, -0.25) is 0 Å². The molecule has 1 saturated heterocycles. The number of hydrogen-bond acceptors (Lipinski definition) is 5. The van der Waals surface area contributed by atoms with Gasteiger partial charge in [-0.2, -0.15) is 4.31 Å². The molecule has 1 heterocycles. The van der Waals surface area contributed by atoms with Crippen LogP contribution in [0.2, 0.25) is 0 Å². The van der Waals surface area contributed by atoms with Crippen molar-refractivity contribution in [2.45, 2.75) is 17.1 Å². The maximum Gasteiger partial charge on any atom is 0.245 e. The van der Waals surface area contributed by atoms with Gasteiger partial charge in [0, 0.05) is 20.1 Å². The van der Waals surface area contributed by atoms with E-state index in [4.69, 9.17) is 0 Å². The highest BCUT2D eigenvalue weighted by atomic mass is 32.2. The van der Waals surface area contributed by atoms with Crippen molar-refractivity contribution in [3.8, 4) is 0 Å². The summed E-state index contributed by atoms with van der Waals surface area (Å²) in [6.45, 7) is -0.164. The maximum absolute atomic E-state index is 12.4. The van der Waals surface area contributed by atoms with Crippen molar-refractivity contribution in [3.63, 3.8) is 0 Å². The lowest BCUT2D eigenvalue weighted by atomic mass is 10.3. The minimum atomic E-state index is -3.70. The first-order valence-corrected chi connectivity index (χ1v) is 7.04. The van der Waals surface area contributed by atoms with Crippen LogP contribution >= 0.6 is 0 Å². The van der Waals surface area contributed by atoms with E-state index in [0.29, 0.717) is 5.69 Å². The van der Waals surface area contributed by atoms with Gasteiger partial charge in [-0.15, -0.1) is 0 Å². The number of nitrogens with zero attached hydrogens (tertiary/aromatic N) is 1. The van der Waals surface area contributed by atoms with Gasteiger partial charge in [0.2, 0.25) is 10.0 Å². The van der Waals surface area contributed by atoms with Crippen LogP contribution in [0.3, 0.4) is 0 Å². The van der Waals surface area contributed by atoms with Crippen molar-refractivity contribution in [2.24, 2.45) is 0 Å². The van der Waals surface area contributed by atoms with Gasteiger partial charge >= 0.3 is 0 Å². The van der Waals surface area contributed by atoms with Crippen molar-refractivity contribution >= 4 is 15.7 Å². The molecule has 100 valence electrons. The molecule has 18 heavy (non-hydrogen) atoms. The summed E-state index contributed by atoms with van der Waals surface area (Å²) in [6.07, 6.45) is -2.05. The lowest BCUT2D eigenvalue weighted by Gasteiger charge is -2.17. The Labute approximate surface area is 106 Å². The van der Waals surface area contributed by atoms with Gasteiger partial charge in [-0.05, 0) is 12.1 Å². The van der Waals surface area contributed by atoms with E-state index in [9.17, 15) is 18.6 Å². The molecule has 0 aromatic heterocycles. The van der Waals surface area contributed by atoms with E-state index < -0.39 is 22.2 Å². The summed E-state index contributed by atoms with van der Waals surface area (Å²) in [5, 5.41) is 21.7. The predicted octanol–water partition coefficient (Wildman–Crippen LogP) is -0.546. The first-order chi connectivity index (χ1) is 8.46. The molecule has 0 saturated carbocycles. The van der Waals surface area contributed by atoms with E-state index >= 15 is 0 Å². The number of para-hydroxylation sites is 1. The second-order valence-electron chi connectivity index (χ2n) is 4.20. The van der Waals surface area contributed by atoms with Gasteiger partial charge in [-0.1, -0.05) is 12.1 Å². The summed E-state index contributed by atoms with van der Waals surface area (Å²) in [5.41, 5.74) is 0.494. The number of benzene rings is 1. The van der Waals surface area contributed by atoms with Gasteiger partial charge in [0.25, 0.3) is 0 Å². The number of anilines is 1. The predicted molar refractivity (Wildman–Crippen MR) is 66.8 cm³/mol. The van der Waals surface area contributed by atoms with Crippen LogP contribution in [0.25, 0.3) is 0 Å². The van der Waals surface area contributed by atoms with Crippen LogP contribution in [-0.4, -0.2) is 55.3 Å². The molecule has 7 heteroatoms. The summed E-state index contributed by atoms with van der Waals surface area (Å²) in [4.78, 5) is 0.147. The zero-order chi connectivity index (χ0) is 13.3. The third kappa shape index (κ3) is 2.22. The zero-order valence-electron chi connectivity index (χ0n) is 9.94. The highest BCUT2D eigenvalue weighted by Crippen LogP contribution is 2.26. The lowest BCUT2D eigenvalue weighted by Crippen LogP contribution is -2.30. The van der Waals surface area contributed by atoms with Crippen LogP contribution in [0, 0.1) is 0 Å². The van der Waals surface area contributed by atoms with Crippen LogP contribution in [0.1, 0.15) is 0 Å². The van der Waals surface area contributed by atoms with Crippen molar-refractivity contribution in [1.82, 2.24) is 4.31 Å². The molecule has 1 aliphatic heterocycles. The maximum atomic E-state index is 12.4. The molecule has 0 spiro atoms. The lowest BCUT2D eigenvalue weighted by molar-refractivity contribution is 0.0572. The second kappa shape index (κ2) is 4.85. The van der Waals surface area contributed by atoms with E-state index in [0.717, 1.165) is 4.31 Å². The van der Waals surface area contributed by atoms with Gasteiger partial charge in [0.1, 0.15) is 4.90 Å². The van der Waals surface area contributed by atoms with Crippen LogP contribution in [-0.2, 0) is 10.0 Å². The Balaban J connectivity index is 2.37. The van der Waals surface area contributed by atoms with Gasteiger partial charge < -0.3 is 15.5 Å². The minimum Gasteiger partial charge on any atom is -0.389 e. The average Bonchev–Trinajstić information content (AvgIpc) is 2.70. The molecule has 0 bridgehead atoms. The molecule has 6 nitrogen and oxygen atoms in total. The van der Waals surface area contributed by atoms with Crippen molar-refractivity contribution in [2.75, 3.05) is 25.5 Å². The summed E-state index contributed by atoms with van der Waals surface area (Å²) < 4.78 is 25.8. The molecule has 2 rings (SSSR count). The van der Waals surface area contributed by atoms with E-state index in [-0.39, 0.29) is 18.0 Å². The molecule has 1 fully saturated rings. The molecular formula is C11H16N2O4S. The molecule has 3 N–H and O–H groups in total. The minimum absolute atomic E-state index is 0.0818. The Morgan fingerprint density at radius 1 is 1.22 bits per heavy atom. The third-order valence-corrected chi connectivity index (χ3v) is 4.89. The first kappa shape index (κ1) is 13.3. The number of β-amino-alcohol motifs (C(OH)–C–C–N with tert-alkyl or cyclic N) is 2. The molecule has 1 aliphatic rings. The topological polar surface area (TPSA) is 89.9 Å². The fourth-order valence-corrected chi connectivity index (χ4v) is 3.64. The summed E-state index contributed by atoms with van der Waals surface area (Å²) >= 11 is 0. The highest BCUT2D eigenvalue weighted by molar-refractivity contribution is 7.89. The fourth-order valence-electron chi connectivity index (χ4n) is 1.97. The number of aliphatic hydroxyl groups excluding tert-OH is 2. The Kier molecular flexibility index (Phi) is 3.58. The highest BCUT2D eigenvalue weighted by Gasteiger charge is 2.38. The van der Waals surface area contributed by atoms with Crippen LogP contribution in [0.15, 0.2) is 29.2 Å². The number of rotatable bonds is 3. The molecule has 0 aliphatic carbocycles. The van der Waals surface area contributed by atoms with Crippen LogP contribution in [0.4, 0.5) is 5.69 Å². The summed E-state index contributed by atoms with van der Waals surface area (Å²) in [5.74, 6) is 0. The average molecular weight is 272 g/mol.